The van der Waals surface area contributed by atoms with E-state index in [0.717, 1.165) is 38.5 Å². The van der Waals surface area contributed by atoms with Crippen molar-refractivity contribution in [3.05, 3.63) is 24.3 Å². The molecule has 1 heterocycles. The lowest BCUT2D eigenvalue weighted by Crippen LogP contribution is -2.50. The molecule has 19 heavy (non-hydrogen) atoms. The number of ether oxygens (including phenoxy) is 1. The van der Waals surface area contributed by atoms with Gasteiger partial charge in [-0.15, -0.1) is 0 Å². The van der Waals surface area contributed by atoms with Gasteiger partial charge in [-0.25, -0.2) is 0 Å². The van der Waals surface area contributed by atoms with Crippen LogP contribution in [0.3, 0.4) is 0 Å². The molecule has 1 aliphatic carbocycles. The molecule has 0 radical (unpaired) electrons. The van der Waals surface area contributed by atoms with Crippen molar-refractivity contribution in [3.8, 4) is 5.75 Å². The molecule has 0 atom stereocenters. The molecule has 2 aliphatic rings. The Morgan fingerprint density at radius 2 is 1.84 bits per heavy atom. The molecule has 0 bridgehead atoms. The van der Waals surface area contributed by atoms with E-state index in [-0.39, 0.29) is 5.54 Å². The summed E-state index contributed by atoms with van der Waals surface area (Å²) < 4.78 is 5.44. The molecular weight excluding hydrogens is 238 g/mol. The van der Waals surface area contributed by atoms with Gasteiger partial charge in [0.05, 0.1) is 12.8 Å². The van der Waals surface area contributed by atoms with Gasteiger partial charge in [0.1, 0.15) is 5.75 Å². The van der Waals surface area contributed by atoms with Crippen LogP contribution in [0.4, 0.5) is 5.69 Å². The fourth-order valence-electron chi connectivity index (χ4n) is 2.80. The zero-order valence-corrected chi connectivity index (χ0v) is 11.6. The lowest BCUT2D eigenvalue weighted by Gasteiger charge is -2.37. The maximum atomic E-state index is 6.19. The van der Waals surface area contributed by atoms with Crippen LogP contribution < -0.4 is 15.4 Å². The van der Waals surface area contributed by atoms with Crippen LogP contribution in [0, 0.1) is 0 Å². The van der Waals surface area contributed by atoms with E-state index in [2.05, 4.69) is 21.9 Å². The van der Waals surface area contributed by atoms with Gasteiger partial charge in [0.2, 0.25) is 0 Å². The Balaban J connectivity index is 1.60. The summed E-state index contributed by atoms with van der Waals surface area (Å²) in [6, 6.07) is 8.26. The molecular formula is C15H23N3O. The number of piperazine rings is 1. The van der Waals surface area contributed by atoms with Crippen molar-refractivity contribution in [1.82, 2.24) is 4.90 Å². The largest absolute Gasteiger partial charge is 0.495 e. The molecule has 4 heteroatoms. The lowest BCUT2D eigenvalue weighted by atomic mass is 10.2. The summed E-state index contributed by atoms with van der Waals surface area (Å²) in [5.74, 6) is 0.966. The summed E-state index contributed by atoms with van der Waals surface area (Å²) in [5, 5.41) is 0. The molecule has 0 unspecified atom stereocenters. The predicted molar refractivity (Wildman–Crippen MR) is 77.8 cm³/mol. The van der Waals surface area contributed by atoms with Gasteiger partial charge in [-0.05, 0) is 25.0 Å². The third kappa shape index (κ3) is 2.85. The summed E-state index contributed by atoms with van der Waals surface area (Å²) in [6.07, 6.45) is 2.39. The molecule has 1 aliphatic heterocycles. The molecule has 1 saturated heterocycles. The molecule has 3 rings (SSSR count). The van der Waals surface area contributed by atoms with E-state index in [1.54, 1.807) is 7.11 Å². The molecule has 1 aromatic rings. The standard InChI is InChI=1S/C15H23N3O/c1-19-14-5-3-2-4-13(14)18-10-8-17(9-11-18)12-15(16)6-7-15/h2-5H,6-12,16H2,1H3. The number of para-hydroxylation sites is 2. The Kier molecular flexibility index (Phi) is 3.37. The van der Waals surface area contributed by atoms with Crippen molar-refractivity contribution >= 4 is 5.69 Å². The second-order valence-electron chi connectivity index (χ2n) is 5.80. The number of anilines is 1. The highest BCUT2D eigenvalue weighted by Crippen LogP contribution is 2.34. The minimum atomic E-state index is 0.132. The van der Waals surface area contributed by atoms with Crippen molar-refractivity contribution in [2.75, 3.05) is 44.7 Å². The van der Waals surface area contributed by atoms with E-state index in [9.17, 15) is 0 Å². The molecule has 1 saturated carbocycles. The van der Waals surface area contributed by atoms with E-state index in [4.69, 9.17) is 10.5 Å². The molecule has 2 N–H and O–H groups in total. The summed E-state index contributed by atoms with van der Waals surface area (Å²) in [7, 11) is 1.74. The Labute approximate surface area is 115 Å². The molecule has 4 nitrogen and oxygen atoms in total. The third-order valence-electron chi connectivity index (χ3n) is 4.23. The fraction of sp³-hybridized carbons (Fsp3) is 0.600. The Bertz CT molecular complexity index is 437. The summed E-state index contributed by atoms with van der Waals surface area (Å²) >= 11 is 0. The van der Waals surface area contributed by atoms with E-state index in [1.807, 2.05) is 12.1 Å². The highest BCUT2D eigenvalue weighted by atomic mass is 16.5. The van der Waals surface area contributed by atoms with Crippen LogP contribution in [0.1, 0.15) is 12.8 Å². The van der Waals surface area contributed by atoms with Gasteiger partial charge in [-0.1, -0.05) is 12.1 Å². The number of rotatable bonds is 4. The van der Waals surface area contributed by atoms with Crippen molar-refractivity contribution in [1.29, 1.82) is 0 Å². The molecule has 104 valence electrons. The first-order valence-corrected chi connectivity index (χ1v) is 7.09. The number of benzene rings is 1. The maximum Gasteiger partial charge on any atom is 0.142 e. The Morgan fingerprint density at radius 3 is 2.47 bits per heavy atom. The van der Waals surface area contributed by atoms with Crippen LogP contribution in [0.2, 0.25) is 0 Å². The van der Waals surface area contributed by atoms with E-state index < -0.39 is 0 Å². The number of nitrogens with two attached hydrogens (primary N) is 1. The van der Waals surface area contributed by atoms with Gasteiger partial charge in [0.15, 0.2) is 0 Å². The smallest absolute Gasteiger partial charge is 0.142 e. The monoisotopic (exact) mass is 261 g/mol. The SMILES string of the molecule is COc1ccccc1N1CCN(CC2(N)CC2)CC1. The van der Waals surface area contributed by atoms with Crippen LogP contribution in [-0.2, 0) is 0 Å². The van der Waals surface area contributed by atoms with Crippen molar-refractivity contribution in [2.24, 2.45) is 5.73 Å². The minimum absolute atomic E-state index is 0.132. The van der Waals surface area contributed by atoms with Gasteiger partial charge in [0.25, 0.3) is 0 Å². The number of hydrogen-bond acceptors (Lipinski definition) is 4. The first-order chi connectivity index (χ1) is 9.20. The summed E-state index contributed by atoms with van der Waals surface area (Å²) in [4.78, 5) is 4.91. The predicted octanol–water partition coefficient (Wildman–Crippen LogP) is 1.31. The minimum Gasteiger partial charge on any atom is -0.495 e. The molecule has 2 fully saturated rings. The highest BCUT2D eigenvalue weighted by molar-refractivity contribution is 5.58. The highest BCUT2D eigenvalue weighted by Gasteiger charge is 2.40. The summed E-state index contributed by atoms with van der Waals surface area (Å²) in [5.41, 5.74) is 7.53. The maximum absolute atomic E-state index is 6.19. The lowest BCUT2D eigenvalue weighted by molar-refractivity contribution is 0.236. The van der Waals surface area contributed by atoms with Crippen LogP contribution in [0.25, 0.3) is 0 Å². The number of methoxy groups -OCH3 is 1. The van der Waals surface area contributed by atoms with Gasteiger partial charge in [-0.3, -0.25) is 4.90 Å². The fourth-order valence-corrected chi connectivity index (χ4v) is 2.80. The third-order valence-corrected chi connectivity index (χ3v) is 4.23. The molecule has 1 aromatic carbocycles. The van der Waals surface area contributed by atoms with Gasteiger partial charge in [-0.2, -0.15) is 0 Å². The topological polar surface area (TPSA) is 41.7 Å². The first kappa shape index (κ1) is 12.8. The van der Waals surface area contributed by atoms with Crippen molar-refractivity contribution < 1.29 is 4.74 Å². The van der Waals surface area contributed by atoms with Gasteiger partial charge >= 0.3 is 0 Å². The summed E-state index contributed by atoms with van der Waals surface area (Å²) in [6.45, 7) is 5.35. The zero-order chi connectivity index (χ0) is 13.3. The second kappa shape index (κ2) is 5.02. The average Bonchev–Trinajstić information content (AvgIpc) is 3.17. The van der Waals surface area contributed by atoms with Crippen LogP contribution in [0.5, 0.6) is 5.75 Å². The quantitative estimate of drug-likeness (QED) is 0.887. The second-order valence-corrected chi connectivity index (χ2v) is 5.80. The number of hydrogen-bond donors (Lipinski definition) is 1. The molecule has 0 spiro atoms. The van der Waals surface area contributed by atoms with E-state index in [0.29, 0.717) is 0 Å². The van der Waals surface area contributed by atoms with Gasteiger partial charge in [0, 0.05) is 38.3 Å². The van der Waals surface area contributed by atoms with Gasteiger partial charge < -0.3 is 15.4 Å². The average molecular weight is 261 g/mol. The Morgan fingerprint density at radius 1 is 1.16 bits per heavy atom. The van der Waals surface area contributed by atoms with E-state index >= 15 is 0 Å². The van der Waals surface area contributed by atoms with Crippen molar-refractivity contribution in [2.45, 2.75) is 18.4 Å². The van der Waals surface area contributed by atoms with Crippen LogP contribution in [-0.4, -0.2) is 50.3 Å². The van der Waals surface area contributed by atoms with Crippen LogP contribution >= 0.6 is 0 Å². The number of nitrogens with zero attached hydrogens (tertiary/aromatic N) is 2. The molecule has 0 amide bonds. The molecule has 0 aromatic heterocycles. The van der Waals surface area contributed by atoms with Crippen LogP contribution in [0.15, 0.2) is 24.3 Å². The first-order valence-electron chi connectivity index (χ1n) is 7.09. The normalized spacial score (nSPS) is 22.3. The van der Waals surface area contributed by atoms with Crippen molar-refractivity contribution in [3.63, 3.8) is 0 Å². The van der Waals surface area contributed by atoms with E-state index in [1.165, 1.54) is 18.5 Å². The zero-order valence-electron chi connectivity index (χ0n) is 11.6. The Hall–Kier alpha value is -1.26.